The molecule has 4 nitrogen and oxygen atoms in total. The minimum absolute atomic E-state index is 0.0820. The van der Waals surface area contributed by atoms with Crippen LogP contribution in [0, 0.1) is 6.92 Å². The van der Waals surface area contributed by atoms with Crippen molar-refractivity contribution < 1.29 is 0 Å². The topological polar surface area (TPSA) is 54.9 Å². The minimum atomic E-state index is -0.483. The molecule has 1 heterocycles. The van der Waals surface area contributed by atoms with Crippen LogP contribution in [0.25, 0.3) is 11.1 Å². The Morgan fingerprint density at radius 2 is 1.83 bits per heavy atom. The number of hydrogen-bond acceptors (Lipinski definition) is 2. The van der Waals surface area contributed by atoms with E-state index >= 15 is 0 Å². The van der Waals surface area contributed by atoms with E-state index in [-0.39, 0.29) is 10.7 Å². The van der Waals surface area contributed by atoms with Crippen LogP contribution < -0.4 is 11.2 Å². The van der Waals surface area contributed by atoms with Crippen LogP contribution in [0.3, 0.4) is 0 Å². The zero-order valence-electron chi connectivity index (χ0n) is 10.2. The highest BCUT2D eigenvalue weighted by molar-refractivity contribution is 6.32. The molecule has 0 saturated carbocycles. The molecule has 0 aliphatic heterocycles. The summed E-state index contributed by atoms with van der Waals surface area (Å²) in [5, 5.41) is 0.0820. The van der Waals surface area contributed by atoms with E-state index in [1.807, 2.05) is 31.2 Å². The number of H-pyrrole nitrogens is 1. The highest BCUT2D eigenvalue weighted by atomic mass is 35.5. The molecule has 0 saturated heterocycles. The number of aryl methyl sites for hydroxylation is 1. The monoisotopic (exact) mass is 264 g/mol. The van der Waals surface area contributed by atoms with Crippen LogP contribution in [-0.4, -0.2) is 9.55 Å². The van der Waals surface area contributed by atoms with Crippen LogP contribution in [0.1, 0.15) is 12.5 Å². The van der Waals surface area contributed by atoms with Gasteiger partial charge in [0.2, 0.25) is 0 Å². The van der Waals surface area contributed by atoms with Crippen LogP contribution in [0.4, 0.5) is 0 Å². The van der Waals surface area contributed by atoms with Gasteiger partial charge in [-0.1, -0.05) is 41.4 Å². The fourth-order valence-corrected chi connectivity index (χ4v) is 2.07. The number of nitrogens with zero attached hydrogens (tertiary/aromatic N) is 1. The molecule has 0 atom stereocenters. The summed E-state index contributed by atoms with van der Waals surface area (Å²) in [5.41, 5.74) is 1.28. The van der Waals surface area contributed by atoms with E-state index in [4.69, 9.17) is 11.6 Å². The summed E-state index contributed by atoms with van der Waals surface area (Å²) in [6.45, 7) is 4.01. The second-order valence-electron chi connectivity index (χ2n) is 4.03. The van der Waals surface area contributed by atoms with Gasteiger partial charge in [-0.25, -0.2) is 4.79 Å². The maximum atomic E-state index is 12.2. The van der Waals surface area contributed by atoms with Crippen molar-refractivity contribution in [1.82, 2.24) is 9.55 Å². The quantitative estimate of drug-likeness (QED) is 0.846. The number of rotatable bonds is 2. The Kier molecular flexibility index (Phi) is 3.39. The van der Waals surface area contributed by atoms with Crippen LogP contribution >= 0.6 is 11.6 Å². The van der Waals surface area contributed by atoms with Gasteiger partial charge in [0, 0.05) is 6.54 Å². The minimum Gasteiger partial charge on any atom is -0.297 e. The SMILES string of the molecule is CCn1c(=O)[nH]c(Cl)c(-c2ccc(C)cc2)c1=O. The Morgan fingerprint density at radius 1 is 1.22 bits per heavy atom. The average molecular weight is 265 g/mol. The van der Waals surface area contributed by atoms with Gasteiger partial charge in [0.15, 0.2) is 0 Å². The van der Waals surface area contributed by atoms with Crippen LogP contribution in [0.2, 0.25) is 5.15 Å². The number of hydrogen-bond donors (Lipinski definition) is 1. The van der Waals surface area contributed by atoms with E-state index in [9.17, 15) is 9.59 Å². The van der Waals surface area contributed by atoms with E-state index in [2.05, 4.69) is 4.98 Å². The number of aromatic amines is 1. The number of aromatic nitrogens is 2. The molecule has 5 heteroatoms. The Labute approximate surface area is 109 Å². The molecule has 1 aromatic carbocycles. The van der Waals surface area contributed by atoms with Crippen LogP contribution in [-0.2, 0) is 6.54 Å². The van der Waals surface area contributed by atoms with Crippen LogP contribution in [0.5, 0.6) is 0 Å². The zero-order chi connectivity index (χ0) is 13.3. The summed E-state index contributed by atoms with van der Waals surface area (Å²) in [6.07, 6.45) is 0. The summed E-state index contributed by atoms with van der Waals surface area (Å²) in [4.78, 5) is 26.2. The first-order valence-corrected chi connectivity index (χ1v) is 6.02. The summed E-state index contributed by atoms with van der Waals surface area (Å²) < 4.78 is 1.13. The van der Waals surface area contributed by atoms with Crippen molar-refractivity contribution in [3.63, 3.8) is 0 Å². The van der Waals surface area contributed by atoms with E-state index in [1.54, 1.807) is 6.92 Å². The Bertz CT molecular complexity index is 684. The first-order chi connectivity index (χ1) is 8.54. The third-order valence-electron chi connectivity index (χ3n) is 2.80. The van der Waals surface area contributed by atoms with Crippen molar-refractivity contribution >= 4 is 11.6 Å². The average Bonchev–Trinajstić information content (AvgIpc) is 2.31. The first-order valence-electron chi connectivity index (χ1n) is 5.64. The van der Waals surface area contributed by atoms with Gasteiger partial charge in [-0.3, -0.25) is 14.3 Å². The van der Waals surface area contributed by atoms with E-state index in [0.717, 1.165) is 10.1 Å². The Hall–Kier alpha value is -1.81. The van der Waals surface area contributed by atoms with Gasteiger partial charge in [-0.05, 0) is 19.4 Å². The Morgan fingerprint density at radius 3 is 2.39 bits per heavy atom. The predicted octanol–water partition coefficient (Wildman–Crippen LogP) is 2.19. The van der Waals surface area contributed by atoms with Crippen molar-refractivity contribution in [2.75, 3.05) is 0 Å². The van der Waals surface area contributed by atoms with E-state index < -0.39 is 5.69 Å². The molecule has 0 spiro atoms. The molecule has 94 valence electrons. The van der Waals surface area contributed by atoms with Gasteiger partial charge in [-0.15, -0.1) is 0 Å². The predicted molar refractivity (Wildman–Crippen MR) is 72.2 cm³/mol. The fourth-order valence-electron chi connectivity index (χ4n) is 1.80. The second-order valence-corrected chi connectivity index (χ2v) is 4.41. The Balaban J connectivity index is 2.75. The third kappa shape index (κ3) is 2.11. The molecule has 2 rings (SSSR count). The summed E-state index contributed by atoms with van der Waals surface area (Å²) in [7, 11) is 0. The lowest BCUT2D eigenvalue weighted by molar-refractivity contribution is 0.675. The smallest absolute Gasteiger partial charge is 0.297 e. The first kappa shape index (κ1) is 12.6. The maximum absolute atomic E-state index is 12.2. The van der Waals surface area contributed by atoms with Gasteiger partial charge in [-0.2, -0.15) is 0 Å². The molecule has 0 unspecified atom stereocenters. The van der Waals surface area contributed by atoms with Crippen molar-refractivity contribution in [1.29, 1.82) is 0 Å². The van der Waals surface area contributed by atoms with Crippen molar-refractivity contribution in [2.24, 2.45) is 0 Å². The highest BCUT2D eigenvalue weighted by Crippen LogP contribution is 2.21. The molecular formula is C13H13ClN2O2. The molecule has 1 N–H and O–H groups in total. The zero-order valence-corrected chi connectivity index (χ0v) is 10.9. The molecule has 18 heavy (non-hydrogen) atoms. The number of benzene rings is 1. The highest BCUT2D eigenvalue weighted by Gasteiger charge is 2.13. The van der Waals surface area contributed by atoms with Crippen molar-refractivity contribution in [2.45, 2.75) is 20.4 Å². The molecule has 2 aromatic rings. The molecular weight excluding hydrogens is 252 g/mol. The van der Waals surface area contributed by atoms with Gasteiger partial charge < -0.3 is 0 Å². The molecule has 0 radical (unpaired) electrons. The molecule has 0 aliphatic rings. The summed E-state index contributed by atoms with van der Waals surface area (Å²) in [6, 6.07) is 7.42. The standard InChI is InChI=1S/C13H13ClN2O2/c1-3-16-12(17)10(11(14)15-13(16)18)9-6-4-8(2)5-7-9/h4-7H,3H2,1-2H3,(H,15,18). The van der Waals surface area contributed by atoms with E-state index in [0.29, 0.717) is 17.7 Å². The van der Waals surface area contributed by atoms with Crippen molar-refractivity contribution in [3.05, 3.63) is 55.8 Å². The van der Waals surface area contributed by atoms with Gasteiger partial charge >= 0.3 is 5.69 Å². The molecule has 0 amide bonds. The van der Waals surface area contributed by atoms with Gasteiger partial charge in [0.05, 0.1) is 5.56 Å². The summed E-state index contributed by atoms with van der Waals surface area (Å²) >= 11 is 5.97. The largest absolute Gasteiger partial charge is 0.329 e. The maximum Gasteiger partial charge on any atom is 0.329 e. The van der Waals surface area contributed by atoms with E-state index in [1.165, 1.54) is 0 Å². The molecule has 0 bridgehead atoms. The normalized spacial score (nSPS) is 10.6. The lowest BCUT2D eigenvalue weighted by Crippen LogP contribution is -2.35. The molecule has 1 aromatic heterocycles. The lowest BCUT2D eigenvalue weighted by atomic mass is 10.1. The number of halogens is 1. The van der Waals surface area contributed by atoms with Crippen molar-refractivity contribution in [3.8, 4) is 11.1 Å². The summed E-state index contributed by atoms with van der Waals surface area (Å²) in [5.74, 6) is 0. The molecule has 0 aliphatic carbocycles. The third-order valence-corrected chi connectivity index (χ3v) is 3.08. The van der Waals surface area contributed by atoms with Gasteiger partial charge in [0.1, 0.15) is 5.15 Å². The lowest BCUT2D eigenvalue weighted by Gasteiger charge is -2.07. The number of nitrogens with one attached hydrogen (secondary N) is 1. The second kappa shape index (κ2) is 4.82. The van der Waals surface area contributed by atoms with Crippen LogP contribution in [0.15, 0.2) is 33.9 Å². The fraction of sp³-hybridized carbons (Fsp3) is 0.231. The van der Waals surface area contributed by atoms with Gasteiger partial charge in [0.25, 0.3) is 5.56 Å². The molecule has 0 fully saturated rings.